The van der Waals surface area contributed by atoms with Gasteiger partial charge in [-0.3, -0.25) is 0 Å². The molecule has 0 aromatic rings. The van der Waals surface area contributed by atoms with Crippen LogP contribution in [-0.4, -0.2) is 36.7 Å². The van der Waals surface area contributed by atoms with Crippen molar-refractivity contribution < 1.29 is 27.8 Å². The van der Waals surface area contributed by atoms with E-state index in [0.29, 0.717) is 0 Å². The van der Waals surface area contributed by atoms with Crippen LogP contribution in [0.3, 0.4) is 0 Å². The van der Waals surface area contributed by atoms with Gasteiger partial charge in [-0.2, -0.15) is 0 Å². The van der Waals surface area contributed by atoms with E-state index < -0.39 is 36.0 Å². The zero-order chi connectivity index (χ0) is 17.4. The highest BCUT2D eigenvalue weighted by atomic mass is 19.3. The van der Waals surface area contributed by atoms with Crippen LogP contribution in [0.5, 0.6) is 0 Å². The first kappa shape index (κ1) is 20.3. The number of esters is 1. The molecule has 0 radical (unpaired) electrons. The Hall–Kier alpha value is -1.66. The van der Waals surface area contributed by atoms with Crippen molar-refractivity contribution in [3.63, 3.8) is 0 Å². The van der Waals surface area contributed by atoms with Gasteiger partial charge < -0.3 is 14.8 Å². The van der Waals surface area contributed by atoms with Crippen LogP contribution in [0.1, 0.15) is 46.5 Å². The molecule has 0 bridgehead atoms. The van der Waals surface area contributed by atoms with E-state index in [0.717, 1.165) is 7.11 Å². The minimum atomic E-state index is -2.93. The summed E-state index contributed by atoms with van der Waals surface area (Å²) in [4.78, 5) is 23.2. The molecule has 5 nitrogen and oxygen atoms in total. The largest absolute Gasteiger partial charge is 0.467 e. The topological polar surface area (TPSA) is 64.6 Å². The summed E-state index contributed by atoms with van der Waals surface area (Å²) < 4.78 is 36.7. The quantitative estimate of drug-likeness (QED) is 0.549. The molecule has 0 aromatic heterocycles. The number of alkyl carbamates (subject to hydrolysis) is 1. The van der Waals surface area contributed by atoms with Crippen molar-refractivity contribution in [2.45, 2.75) is 64.0 Å². The maximum atomic E-state index is 13.6. The maximum Gasteiger partial charge on any atom is 0.408 e. The fraction of sp³-hybridized carbons (Fsp3) is 0.733. The van der Waals surface area contributed by atoms with Gasteiger partial charge in [0.2, 0.25) is 5.92 Å². The van der Waals surface area contributed by atoms with Crippen LogP contribution in [0.25, 0.3) is 0 Å². The Morgan fingerprint density at radius 3 is 2.32 bits per heavy atom. The number of amides is 1. The van der Waals surface area contributed by atoms with Gasteiger partial charge in [-0.15, -0.1) is 6.58 Å². The second kappa shape index (κ2) is 8.70. The second-order valence-corrected chi connectivity index (χ2v) is 5.94. The van der Waals surface area contributed by atoms with Crippen LogP contribution >= 0.6 is 0 Å². The van der Waals surface area contributed by atoms with E-state index in [9.17, 15) is 18.4 Å². The molecule has 0 heterocycles. The monoisotopic (exact) mass is 321 g/mol. The lowest BCUT2D eigenvalue weighted by Gasteiger charge is -2.23. The molecule has 7 heteroatoms. The number of methoxy groups -OCH3 is 1. The average molecular weight is 321 g/mol. The lowest BCUT2D eigenvalue weighted by molar-refractivity contribution is -0.143. The molecule has 0 rings (SSSR count). The van der Waals surface area contributed by atoms with Crippen molar-refractivity contribution in [3.05, 3.63) is 12.7 Å². The van der Waals surface area contributed by atoms with Crippen molar-refractivity contribution in [2.24, 2.45) is 0 Å². The Bertz CT molecular complexity index is 391. The van der Waals surface area contributed by atoms with E-state index in [1.54, 1.807) is 20.8 Å². The van der Waals surface area contributed by atoms with Crippen molar-refractivity contribution in [3.8, 4) is 0 Å². The first-order chi connectivity index (χ1) is 10.0. The maximum absolute atomic E-state index is 13.6. The Balaban J connectivity index is 4.63. The Labute approximate surface area is 130 Å². The van der Waals surface area contributed by atoms with Crippen molar-refractivity contribution in [1.29, 1.82) is 0 Å². The third-order valence-electron chi connectivity index (χ3n) is 2.69. The van der Waals surface area contributed by atoms with Crippen LogP contribution in [0.4, 0.5) is 13.6 Å². The number of hydrogen-bond donors (Lipinski definition) is 1. The molecule has 0 aliphatic carbocycles. The van der Waals surface area contributed by atoms with Crippen molar-refractivity contribution in [2.75, 3.05) is 7.11 Å². The molecule has 1 N–H and O–H groups in total. The molecule has 0 unspecified atom stereocenters. The lowest BCUT2D eigenvalue weighted by atomic mass is 10.0. The van der Waals surface area contributed by atoms with Crippen LogP contribution < -0.4 is 5.32 Å². The lowest BCUT2D eigenvalue weighted by Crippen LogP contribution is -2.44. The predicted octanol–water partition coefficient (Wildman–Crippen LogP) is 3.43. The van der Waals surface area contributed by atoms with E-state index in [-0.39, 0.29) is 19.3 Å². The summed E-state index contributed by atoms with van der Waals surface area (Å²) in [6.45, 7) is 8.36. The predicted molar refractivity (Wildman–Crippen MR) is 78.8 cm³/mol. The van der Waals surface area contributed by atoms with E-state index in [1.165, 1.54) is 6.08 Å². The summed E-state index contributed by atoms with van der Waals surface area (Å²) in [6, 6.07) is -1.17. The minimum Gasteiger partial charge on any atom is -0.467 e. The highest BCUT2D eigenvalue weighted by Gasteiger charge is 2.32. The van der Waals surface area contributed by atoms with Crippen molar-refractivity contribution in [1.82, 2.24) is 5.32 Å². The van der Waals surface area contributed by atoms with E-state index >= 15 is 0 Å². The zero-order valence-corrected chi connectivity index (χ0v) is 13.6. The molecule has 128 valence electrons. The molecule has 0 spiro atoms. The van der Waals surface area contributed by atoms with Gasteiger partial charge in [-0.1, -0.05) is 6.08 Å². The number of ether oxygens (including phenoxy) is 2. The first-order valence-electron chi connectivity index (χ1n) is 7.07. The molecule has 0 fully saturated rings. The summed E-state index contributed by atoms with van der Waals surface area (Å²) >= 11 is 0. The minimum absolute atomic E-state index is 0.176. The molecule has 1 amide bonds. The number of hydrogen-bond acceptors (Lipinski definition) is 4. The Morgan fingerprint density at radius 1 is 1.27 bits per heavy atom. The Kier molecular flexibility index (Phi) is 8.05. The zero-order valence-electron chi connectivity index (χ0n) is 13.6. The first-order valence-corrected chi connectivity index (χ1v) is 7.07. The van der Waals surface area contributed by atoms with E-state index in [4.69, 9.17) is 4.74 Å². The third-order valence-corrected chi connectivity index (χ3v) is 2.69. The average Bonchev–Trinajstić information content (AvgIpc) is 2.38. The van der Waals surface area contributed by atoms with E-state index in [1.807, 2.05) is 0 Å². The number of allylic oxidation sites excluding steroid dienone is 1. The summed E-state index contributed by atoms with van der Waals surface area (Å²) in [5.74, 6) is -3.72. The van der Waals surface area contributed by atoms with Crippen LogP contribution in [0, 0.1) is 0 Å². The second-order valence-electron chi connectivity index (χ2n) is 5.94. The Morgan fingerprint density at radius 2 is 1.86 bits per heavy atom. The highest BCUT2D eigenvalue weighted by Crippen LogP contribution is 2.27. The van der Waals surface area contributed by atoms with Crippen LogP contribution in [0.2, 0.25) is 0 Å². The summed E-state index contributed by atoms with van der Waals surface area (Å²) in [5, 5.41) is 2.26. The third kappa shape index (κ3) is 9.31. The molecule has 0 aromatic carbocycles. The molecule has 1 atom stereocenters. The van der Waals surface area contributed by atoms with Crippen LogP contribution in [-0.2, 0) is 14.3 Å². The molecule has 0 aliphatic heterocycles. The van der Waals surface area contributed by atoms with Gasteiger partial charge in [0.15, 0.2) is 0 Å². The van der Waals surface area contributed by atoms with Gasteiger partial charge in [0, 0.05) is 12.8 Å². The van der Waals surface area contributed by atoms with Gasteiger partial charge >= 0.3 is 12.1 Å². The molecular weight excluding hydrogens is 296 g/mol. The molecular formula is C15H25F2NO4. The highest BCUT2D eigenvalue weighted by molar-refractivity contribution is 5.81. The fourth-order valence-corrected chi connectivity index (χ4v) is 1.63. The number of rotatable bonds is 8. The summed E-state index contributed by atoms with van der Waals surface area (Å²) in [7, 11) is 1.13. The molecule has 0 aliphatic rings. The number of nitrogens with one attached hydrogen (secondary N) is 1. The number of halogens is 2. The molecule has 0 saturated heterocycles. The smallest absolute Gasteiger partial charge is 0.408 e. The summed E-state index contributed by atoms with van der Waals surface area (Å²) in [5.41, 5.74) is -0.751. The number of carbonyl (C=O) groups is 2. The normalized spacial score (nSPS) is 13.2. The number of alkyl halides is 2. The van der Waals surface area contributed by atoms with Crippen molar-refractivity contribution >= 4 is 12.1 Å². The molecule has 0 saturated carbocycles. The van der Waals surface area contributed by atoms with Gasteiger partial charge in [0.05, 0.1) is 7.11 Å². The van der Waals surface area contributed by atoms with Crippen LogP contribution in [0.15, 0.2) is 12.7 Å². The summed E-state index contributed by atoms with van der Waals surface area (Å²) in [6.07, 6.45) is -0.402. The fourth-order valence-electron chi connectivity index (χ4n) is 1.63. The van der Waals surface area contributed by atoms with Gasteiger partial charge in [-0.05, 0) is 33.6 Å². The van der Waals surface area contributed by atoms with Gasteiger partial charge in [-0.25, -0.2) is 18.4 Å². The SMILES string of the molecule is C=CCCC(F)(F)CC[C@@H](NC(=O)OC(C)(C)C)C(=O)OC. The standard InChI is InChI=1S/C15H25F2NO4/c1-6-7-9-15(16,17)10-8-11(12(19)21-5)18-13(20)22-14(2,3)4/h6,11H,1,7-10H2,2-5H3,(H,18,20)/t11-/m1/s1. The van der Waals surface area contributed by atoms with Gasteiger partial charge in [0.1, 0.15) is 11.6 Å². The van der Waals surface area contributed by atoms with Gasteiger partial charge in [0.25, 0.3) is 0 Å². The number of carbonyl (C=O) groups excluding carboxylic acids is 2. The van der Waals surface area contributed by atoms with E-state index in [2.05, 4.69) is 16.6 Å². The molecule has 22 heavy (non-hydrogen) atoms.